The number of hydrogen-bond donors (Lipinski definition) is 0. The van der Waals surface area contributed by atoms with E-state index >= 15 is 0 Å². The number of carbonyl (C=O) groups is 1. The van der Waals surface area contributed by atoms with Gasteiger partial charge in [-0.3, -0.25) is 9.69 Å². The molecule has 3 rings (SSSR count). The van der Waals surface area contributed by atoms with Crippen LogP contribution in [0.3, 0.4) is 0 Å². The number of carbonyl (C=O) groups excluding carboxylic acids is 1. The van der Waals surface area contributed by atoms with Gasteiger partial charge in [0, 0.05) is 24.7 Å². The van der Waals surface area contributed by atoms with Gasteiger partial charge in [-0.1, -0.05) is 17.7 Å². The van der Waals surface area contributed by atoms with Gasteiger partial charge in [-0.2, -0.15) is 0 Å². The molecule has 1 aliphatic heterocycles. The molecule has 0 N–H and O–H groups in total. The highest BCUT2D eigenvalue weighted by Crippen LogP contribution is 2.33. The predicted octanol–water partition coefficient (Wildman–Crippen LogP) is 3.25. The third-order valence-electron chi connectivity index (χ3n) is 5.01. The average Bonchev–Trinajstić information content (AvgIpc) is 2.72. The first-order chi connectivity index (χ1) is 14.0. The summed E-state index contributed by atoms with van der Waals surface area (Å²) in [5, 5.41) is 0.644. The Labute approximate surface area is 176 Å². The van der Waals surface area contributed by atoms with Gasteiger partial charge in [-0.25, -0.2) is 0 Å². The number of nitrogens with zero attached hydrogens (tertiary/aromatic N) is 2. The number of rotatable bonds is 8. The monoisotopic (exact) mass is 418 g/mol. The van der Waals surface area contributed by atoms with Crippen LogP contribution in [0.5, 0.6) is 17.2 Å². The van der Waals surface area contributed by atoms with Crippen molar-refractivity contribution in [1.29, 1.82) is 0 Å². The lowest BCUT2D eigenvalue weighted by molar-refractivity contribution is -0.133. The Kier molecular flexibility index (Phi) is 7.23. The first-order valence-corrected chi connectivity index (χ1v) is 9.96. The highest BCUT2D eigenvalue weighted by Gasteiger charge is 2.23. The second-order valence-corrected chi connectivity index (χ2v) is 7.52. The minimum Gasteiger partial charge on any atom is -0.493 e. The quantitative estimate of drug-likeness (QED) is 0.658. The molecule has 1 aliphatic rings. The number of amides is 1. The number of halogens is 1. The number of fused-ring (bicyclic) bond motifs is 1. The maximum Gasteiger partial charge on any atom is 0.237 e. The van der Waals surface area contributed by atoms with E-state index in [0.717, 1.165) is 23.5 Å². The molecule has 0 radical (unpaired) electrons. The van der Waals surface area contributed by atoms with E-state index in [1.807, 2.05) is 47.2 Å². The van der Waals surface area contributed by atoms with Crippen LogP contribution in [-0.2, 0) is 17.8 Å². The molecule has 7 heteroatoms. The Morgan fingerprint density at radius 1 is 1.14 bits per heavy atom. The van der Waals surface area contributed by atoms with Crippen LogP contribution in [-0.4, -0.2) is 63.2 Å². The molecule has 0 spiro atoms. The lowest BCUT2D eigenvalue weighted by atomic mass is 9.98. The zero-order valence-electron chi connectivity index (χ0n) is 17.1. The second kappa shape index (κ2) is 9.85. The molecule has 0 fully saturated rings. The fourth-order valence-electron chi connectivity index (χ4n) is 3.38. The molecule has 0 atom stereocenters. The number of benzene rings is 2. The first-order valence-electron chi connectivity index (χ1n) is 9.58. The molecular formula is C22H27ClN2O4. The summed E-state index contributed by atoms with van der Waals surface area (Å²) in [7, 11) is 5.18. The number of likely N-dealkylation sites (N-methyl/N-ethyl adjacent to an activating group) is 1. The van der Waals surface area contributed by atoms with Crippen molar-refractivity contribution in [3.05, 3.63) is 52.5 Å². The fraction of sp³-hybridized carbons (Fsp3) is 0.409. The zero-order chi connectivity index (χ0) is 20.8. The van der Waals surface area contributed by atoms with Gasteiger partial charge in [-0.15, -0.1) is 0 Å². The third-order valence-corrected chi connectivity index (χ3v) is 5.25. The zero-order valence-corrected chi connectivity index (χ0v) is 17.9. The van der Waals surface area contributed by atoms with E-state index in [2.05, 4.69) is 0 Å². The fourth-order valence-corrected chi connectivity index (χ4v) is 3.56. The van der Waals surface area contributed by atoms with Gasteiger partial charge in [0.05, 0.1) is 20.8 Å². The molecule has 6 nitrogen and oxygen atoms in total. The number of methoxy groups -OCH3 is 2. The standard InChI is InChI=1S/C22H27ClN2O4/c1-24(9-10-29-19-6-4-5-18(23)13-19)15-22(26)25-8-7-16-11-20(27-2)21(28-3)12-17(16)14-25/h4-6,11-13H,7-10,14-15H2,1-3H3. The topological polar surface area (TPSA) is 51.2 Å². The molecule has 0 saturated heterocycles. The summed E-state index contributed by atoms with van der Waals surface area (Å²) in [5.41, 5.74) is 2.31. The van der Waals surface area contributed by atoms with Gasteiger partial charge in [0.15, 0.2) is 11.5 Å². The third kappa shape index (κ3) is 5.55. The second-order valence-electron chi connectivity index (χ2n) is 7.08. The maximum atomic E-state index is 12.7. The van der Waals surface area contributed by atoms with Crippen LogP contribution in [0.2, 0.25) is 5.02 Å². The number of ether oxygens (including phenoxy) is 3. The van der Waals surface area contributed by atoms with Crippen LogP contribution in [0.4, 0.5) is 0 Å². The molecule has 156 valence electrons. The van der Waals surface area contributed by atoms with E-state index in [4.69, 9.17) is 25.8 Å². The summed E-state index contributed by atoms with van der Waals surface area (Å²) in [5.74, 6) is 2.26. The molecule has 0 aliphatic carbocycles. The Balaban J connectivity index is 1.51. The Hall–Kier alpha value is -2.44. The lowest BCUT2D eigenvalue weighted by Crippen LogP contribution is -2.42. The van der Waals surface area contributed by atoms with Crippen LogP contribution < -0.4 is 14.2 Å². The van der Waals surface area contributed by atoms with Crippen molar-refractivity contribution in [3.8, 4) is 17.2 Å². The largest absolute Gasteiger partial charge is 0.493 e. The summed E-state index contributed by atoms with van der Waals surface area (Å²) < 4.78 is 16.5. The average molecular weight is 419 g/mol. The predicted molar refractivity (Wildman–Crippen MR) is 113 cm³/mol. The minimum absolute atomic E-state index is 0.107. The Morgan fingerprint density at radius 3 is 2.55 bits per heavy atom. The normalized spacial score (nSPS) is 13.2. The van der Waals surface area contributed by atoms with Gasteiger partial charge in [0.25, 0.3) is 0 Å². The molecule has 0 unspecified atom stereocenters. The molecule has 1 heterocycles. The smallest absolute Gasteiger partial charge is 0.237 e. The van der Waals surface area contributed by atoms with Crippen LogP contribution in [0.25, 0.3) is 0 Å². The van der Waals surface area contributed by atoms with Crippen molar-refractivity contribution >= 4 is 17.5 Å². The van der Waals surface area contributed by atoms with E-state index in [9.17, 15) is 4.79 Å². The van der Waals surface area contributed by atoms with Crippen molar-refractivity contribution < 1.29 is 19.0 Å². The van der Waals surface area contributed by atoms with Gasteiger partial charge in [0.1, 0.15) is 12.4 Å². The van der Waals surface area contributed by atoms with Crippen LogP contribution in [0.1, 0.15) is 11.1 Å². The molecule has 0 saturated carbocycles. The van der Waals surface area contributed by atoms with Crippen LogP contribution >= 0.6 is 11.6 Å². The van der Waals surface area contributed by atoms with Crippen LogP contribution in [0.15, 0.2) is 36.4 Å². The maximum absolute atomic E-state index is 12.7. The van der Waals surface area contributed by atoms with E-state index in [-0.39, 0.29) is 5.91 Å². The highest BCUT2D eigenvalue weighted by atomic mass is 35.5. The van der Waals surface area contributed by atoms with Crippen molar-refractivity contribution in [3.63, 3.8) is 0 Å². The Bertz CT molecular complexity index is 859. The van der Waals surface area contributed by atoms with Gasteiger partial charge < -0.3 is 19.1 Å². The highest BCUT2D eigenvalue weighted by molar-refractivity contribution is 6.30. The summed E-state index contributed by atoms with van der Waals surface area (Å²) in [6.07, 6.45) is 0.809. The van der Waals surface area contributed by atoms with Crippen molar-refractivity contribution in [1.82, 2.24) is 9.80 Å². The SMILES string of the molecule is COc1cc2c(cc1OC)CN(C(=O)CN(C)CCOc1cccc(Cl)c1)CC2. The molecular weight excluding hydrogens is 392 g/mol. The van der Waals surface area contributed by atoms with Gasteiger partial charge in [-0.05, 0) is 54.9 Å². The van der Waals surface area contributed by atoms with E-state index in [0.29, 0.717) is 43.6 Å². The van der Waals surface area contributed by atoms with E-state index in [1.54, 1.807) is 20.3 Å². The van der Waals surface area contributed by atoms with Crippen molar-refractivity contribution in [2.75, 3.05) is 47.5 Å². The lowest BCUT2D eigenvalue weighted by Gasteiger charge is -2.31. The molecule has 0 aromatic heterocycles. The number of hydrogen-bond acceptors (Lipinski definition) is 5. The van der Waals surface area contributed by atoms with E-state index < -0.39 is 0 Å². The summed E-state index contributed by atoms with van der Waals surface area (Å²) >= 11 is 5.96. The minimum atomic E-state index is 0.107. The van der Waals surface area contributed by atoms with E-state index in [1.165, 1.54) is 5.56 Å². The molecule has 2 aromatic carbocycles. The van der Waals surface area contributed by atoms with Crippen LogP contribution in [0, 0.1) is 0 Å². The summed E-state index contributed by atoms with van der Waals surface area (Å²) in [6, 6.07) is 11.3. The molecule has 0 bridgehead atoms. The van der Waals surface area contributed by atoms with Crippen molar-refractivity contribution in [2.45, 2.75) is 13.0 Å². The van der Waals surface area contributed by atoms with Crippen molar-refractivity contribution in [2.24, 2.45) is 0 Å². The molecule has 2 aromatic rings. The molecule has 1 amide bonds. The summed E-state index contributed by atoms with van der Waals surface area (Å²) in [4.78, 5) is 16.6. The van der Waals surface area contributed by atoms with Gasteiger partial charge in [0.2, 0.25) is 5.91 Å². The first kappa shape index (κ1) is 21.3. The molecule has 29 heavy (non-hydrogen) atoms. The summed E-state index contributed by atoms with van der Waals surface area (Å²) in [6.45, 7) is 2.77. The van der Waals surface area contributed by atoms with Gasteiger partial charge >= 0.3 is 0 Å². The Morgan fingerprint density at radius 2 is 1.86 bits per heavy atom.